The van der Waals surface area contributed by atoms with Crippen molar-refractivity contribution in [2.24, 2.45) is 0 Å². The molecule has 0 amide bonds. The average molecular weight is 452 g/mol. The highest BCUT2D eigenvalue weighted by molar-refractivity contribution is 6.03. The van der Waals surface area contributed by atoms with Crippen molar-refractivity contribution >= 4 is 16.4 Å². The lowest BCUT2D eigenvalue weighted by Gasteiger charge is -2.18. The van der Waals surface area contributed by atoms with Crippen LogP contribution in [0.1, 0.15) is 19.5 Å². The quantitative estimate of drug-likeness (QED) is 0.306. The molecule has 0 aliphatic heterocycles. The minimum Gasteiger partial charge on any atom is -0.492 e. The molecule has 0 aliphatic rings. The van der Waals surface area contributed by atoms with Crippen molar-refractivity contribution in [1.82, 2.24) is 24.5 Å². The molecule has 0 fully saturated rings. The van der Waals surface area contributed by atoms with Crippen LogP contribution >= 0.6 is 0 Å². The summed E-state index contributed by atoms with van der Waals surface area (Å²) in [7, 11) is 0. The Bertz CT molecular complexity index is 1440. The predicted molar refractivity (Wildman–Crippen MR) is 137 cm³/mol. The van der Waals surface area contributed by atoms with Crippen LogP contribution in [0, 0.1) is 6.92 Å². The van der Waals surface area contributed by atoms with E-state index in [4.69, 9.17) is 14.8 Å². The number of fused-ring (bicyclic) bond motifs is 2. The lowest BCUT2D eigenvalue weighted by atomic mass is 9.98. The molecule has 6 heteroatoms. The van der Waals surface area contributed by atoms with Gasteiger partial charge in [-0.05, 0) is 68.0 Å². The molecule has 4 aromatic heterocycles. The van der Waals surface area contributed by atoms with Crippen molar-refractivity contribution in [3.05, 3.63) is 78.8 Å². The van der Waals surface area contributed by atoms with Gasteiger partial charge in [-0.3, -0.25) is 9.97 Å². The minimum atomic E-state index is 0.657. The Morgan fingerprint density at radius 1 is 0.971 bits per heavy atom. The molecular weight excluding hydrogens is 422 g/mol. The van der Waals surface area contributed by atoms with Gasteiger partial charge in [-0.25, -0.2) is 4.52 Å². The molecule has 1 aromatic carbocycles. The molecule has 5 aromatic rings. The smallest absolute Gasteiger partial charge is 0.121 e. The second-order valence-electron chi connectivity index (χ2n) is 8.33. The molecule has 0 radical (unpaired) electrons. The van der Waals surface area contributed by atoms with E-state index in [1.54, 1.807) is 0 Å². The standard InChI is InChI=1S/C28H29N5O/c1-4-32(5-2)17-18-34-21-12-13-22-23(14-15-29-25(22)19-21)27-26-11-6-7-16-33(26)31-28(27)24-10-8-9-20(3)30-24/h6-16,19H,4-5,17-18H2,1-3H3. The second-order valence-corrected chi connectivity index (χ2v) is 8.33. The molecule has 0 saturated heterocycles. The van der Waals surface area contributed by atoms with Crippen molar-refractivity contribution in [3.8, 4) is 28.3 Å². The largest absolute Gasteiger partial charge is 0.492 e. The summed E-state index contributed by atoms with van der Waals surface area (Å²) in [6.45, 7) is 9.97. The van der Waals surface area contributed by atoms with Gasteiger partial charge in [0.25, 0.3) is 0 Å². The van der Waals surface area contributed by atoms with Gasteiger partial charge < -0.3 is 9.64 Å². The van der Waals surface area contributed by atoms with Crippen LogP contribution < -0.4 is 4.74 Å². The lowest BCUT2D eigenvalue weighted by molar-refractivity contribution is 0.223. The van der Waals surface area contributed by atoms with E-state index in [-0.39, 0.29) is 0 Å². The number of aryl methyl sites for hydroxylation is 1. The molecule has 34 heavy (non-hydrogen) atoms. The van der Waals surface area contributed by atoms with Crippen LogP contribution in [0.15, 0.2) is 73.1 Å². The molecule has 0 unspecified atom stereocenters. The molecule has 0 N–H and O–H groups in total. The van der Waals surface area contributed by atoms with Crippen LogP contribution in [0.3, 0.4) is 0 Å². The lowest BCUT2D eigenvalue weighted by Crippen LogP contribution is -2.27. The fraction of sp³-hybridized carbons (Fsp3) is 0.250. The number of likely N-dealkylation sites (N-methyl/N-ethyl adjacent to an activating group) is 1. The first-order chi connectivity index (χ1) is 16.7. The van der Waals surface area contributed by atoms with Crippen molar-refractivity contribution in [2.75, 3.05) is 26.2 Å². The molecule has 6 nitrogen and oxygen atoms in total. The zero-order chi connectivity index (χ0) is 23.5. The third-order valence-electron chi connectivity index (χ3n) is 6.23. The summed E-state index contributed by atoms with van der Waals surface area (Å²) in [5, 5.41) is 5.96. The number of nitrogens with zero attached hydrogens (tertiary/aromatic N) is 5. The van der Waals surface area contributed by atoms with Gasteiger partial charge in [0.2, 0.25) is 0 Å². The fourth-order valence-corrected chi connectivity index (χ4v) is 4.39. The highest BCUT2D eigenvalue weighted by Crippen LogP contribution is 2.38. The van der Waals surface area contributed by atoms with E-state index in [1.807, 2.05) is 66.3 Å². The van der Waals surface area contributed by atoms with Crippen LogP contribution in [0.2, 0.25) is 0 Å². The summed E-state index contributed by atoms with van der Waals surface area (Å²) in [6, 6.07) is 20.4. The monoisotopic (exact) mass is 451 g/mol. The molecule has 0 atom stereocenters. The van der Waals surface area contributed by atoms with E-state index in [0.717, 1.165) is 70.0 Å². The molecule has 0 saturated carbocycles. The third kappa shape index (κ3) is 4.24. The summed E-state index contributed by atoms with van der Waals surface area (Å²) in [6.07, 6.45) is 3.83. The third-order valence-corrected chi connectivity index (χ3v) is 6.23. The molecule has 0 aliphatic carbocycles. The number of hydrogen-bond acceptors (Lipinski definition) is 5. The van der Waals surface area contributed by atoms with E-state index in [2.05, 4.69) is 41.9 Å². The average Bonchev–Trinajstić information content (AvgIpc) is 3.26. The Hall–Kier alpha value is -3.77. The summed E-state index contributed by atoms with van der Waals surface area (Å²) >= 11 is 0. The Balaban J connectivity index is 1.58. The van der Waals surface area contributed by atoms with Crippen LogP contribution in [-0.2, 0) is 0 Å². The number of pyridine rings is 3. The minimum absolute atomic E-state index is 0.657. The van der Waals surface area contributed by atoms with E-state index in [1.165, 1.54) is 0 Å². The summed E-state index contributed by atoms with van der Waals surface area (Å²) < 4.78 is 7.97. The van der Waals surface area contributed by atoms with Crippen LogP contribution in [0.4, 0.5) is 0 Å². The predicted octanol–water partition coefficient (Wildman–Crippen LogP) is 5.64. The SMILES string of the molecule is CCN(CC)CCOc1ccc2c(-c3c(-c4cccc(C)n4)nn4ccccc34)ccnc2c1. The van der Waals surface area contributed by atoms with Crippen molar-refractivity contribution < 1.29 is 4.74 Å². The topological polar surface area (TPSA) is 55.5 Å². The highest BCUT2D eigenvalue weighted by Gasteiger charge is 2.19. The van der Waals surface area contributed by atoms with Gasteiger partial charge in [-0.15, -0.1) is 0 Å². The van der Waals surface area contributed by atoms with Crippen LogP contribution in [0.5, 0.6) is 5.75 Å². The molecule has 0 spiro atoms. The number of aromatic nitrogens is 4. The first-order valence-electron chi connectivity index (χ1n) is 11.8. The molecule has 172 valence electrons. The van der Waals surface area contributed by atoms with Gasteiger partial charge >= 0.3 is 0 Å². The Labute approximate surface area is 199 Å². The maximum Gasteiger partial charge on any atom is 0.121 e. The fourth-order valence-electron chi connectivity index (χ4n) is 4.39. The number of rotatable bonds is 8. The highest BCUT2D eigenvalue weighted by atomic mass is 16.5. The van der Waals surface area contributed by atoms with Gasteiger partial charge in [0.1, 0.15) is 18.1 Å². The number of benzene rings is 1. The summed E-state index contributed by atoms with van der Waals surface area (Å²) in [4.78, 5) is 11.8. The van der Waals surface area contributed by atoms with Crippen molar-refractivity contribution in [1.29, 1.82) is 0 Å². The second kappa shape index (κ2) is 9.61. The van der Waals surface area contributed by atoms with E-state index < -0.39 is 0 Å². The Morgan fingerprint density at radius 3 is 2.68 bits per heavy atom. The molecular formula is C28H29N5O. The maximum atomic E-state index is 6.05. The van der Waals surface area contributed by atoms with Crippen LogP contribution in [-0.4, -0.2) is 50.7 Å². The Morgan fingerprint density at radius 2 is 1.85 bits per heavy atom. The van der Waals surface area contributed by atoms with Gasteiger partial charge in [0.15, 0.2) is 0 Å². The van der Waals surface area contributed by atoms with Gasteiger partial charge in [-0.2, -0.15) is 5.10 Å². The first-order valence-corrected chi connectivity index (χ1v) is 11.8. The summed E-state index contributed by atoms with van der Waals surface area (Å²) in [5.41, 5.74) is 6.76. The summed E-state index contributed by atoms with van der Waals surface area (Å²) in [5.74, 6) is 0.838. The van der Waals surface area contributed by atoms with Crippen molar-refractivity contribution in [3.63, 3.8) is 0 Å². The van der Waals surface area contributed by atoms with Crippen molar-refractivity contribution in [2.45, 2.75) is 20.8 Å². The molecule has 4 heterocycles. The van der Waals surface area contributed by atoms with Gasteiger partial charge in [0.05, 0.1) is 16.7 Å². The Kier molecular flexibility index (Phi) is 6.23. The zero-order valence-corrected chi connectivity index (χ0v) is 19.9. The molecule has 5 rings (SSSR count). The maximum absolute atomic E-state index is 6.05. The van der Waals surface area contributed by atoms with Crippen LogP contribution in [0.25, 0.3) is 38.9 Å². The number of ether oxygens (including phenoxy) is 1. The molecule has 0 bridgehead atoms. The van der Waals surface area contributed by atoms with E-state index >= 15 is 0 Å². The normalized spacial score (nSPS) is 11.5. The number of hydrogen-bond donors (Lipinski definition) is 0. The van der Waals surface area contributed by atoms with Gasteiger partial charge in [-0.1, -0.05) is 26.0 Å². The van der Waals surface area contributed by atoms with E-state index in [9.17, 15) is 0 Å². The first kappa shape index (κ1) is 22.0. The van der Waals surface area contributed by atoms with E-state index in [0.29, 0.717) is 6.61 Å². The zero-order valence-electron chi connectivity index (χ0n) is 19.9. The van der Waals surface area contributed by atoms with Gasteiger partial charge in [0, 0.05) is 41.6 Å².